The van der Waals surface area contributed by atoms with Gasteiger partial charge in [-0.3, -0.25) is 14.9 Å². The lowest BCUT2D eigenvalue weighted by Gasteiger charge is -2.03. The van der Waals surface area contributed by atoms with Crippen LogP contribution in [0.4, 0.5) is 4.39 Å². The number of hydrogen-bond donors (Lipinski definition) is 1. The Morgan fingerprint density at radius 3 is 2.36 bits per heavy atom. The van der Waals surface area contributed by atoms with Gasteiger partial charge in [-0.1, -0.05) is 42.5 Å². The average molecular weight is 300 g/mol. The number of nitrogens with zero attached hydrogens (tertiary/aromatic N) is 1. The van der Waals surface area contributed by atoms with Crippen molar-refractivity contribution in [3.8, 4) is 0 Å². The number of halogens is 1. The topological polar surface area (TPSA) is 72.2 Å². The molecule has 0 radical (unpaired) electrons. The van der Waals surface area contributed by atoms with E-state index in [-0.39, 0.29) is 6.54 Å². The minimum atomic E-state index is -0.793. The van der Waals surface area contributed by atoms with Crippen LogP contribution in [0.5, 0.6) is 0 Å². The van der Waals surface area contributed by atoms with Crippen molar-refractivity contribution in [3.05, 3.63) is 87.4 Å². The van der Waals surface area contributed by atoms with Crippen molar-refractivity contribution in [2.45, 2.75) is 6.54 Å². The van der Waals surface area contributed by atoms with Gasteiger partial charge in [-0.2, -0.15) is 0 Å². The molecule has 2 aromatic carbocycles. The van der Waals surface area contributed by atoms with Crippen molar-refractivity contribution in [2.24, 2.45) is 0 Å². The maximum absolute atomic E-state index is 12.8. The predicted molar refractivity (Wildman–Crippen MR) is 79.7 cm³/mol. The molecule has 6 heteroatoms. The fraction of sp³-hybridized carbons (Fsp3) is 0.0625. The Balaban J connectivity index is 2.12. The Kier molecular flexibility index (Phi) is 4.98. The maximum Gasteiger partial charge on any atom is 0.334 e. The summed E-state index contributed by atoms with van der Waals surface area (Å²) in [6.45, 7) is 0.189. The highest BCUT2D eigenvalue weighted by molar-refractivity contribution is 5.95. The molecule has 0 aromatic heterocycles. The summed E-state index contributed by atoms with van der Waals surface area (Å²) >= 11 is 0. The quantitative estimate of drug-likeness (QED) is 0.524. The first kappa shape index (κ1) is 15.4. The Bertz CT molecular complexity index is 697. The number of rotatable bonds is 5. The monoisotopic (exact) mass is 300 g/mol. The van der Waals surface area contributed by atoms with Crippen LogP contribution in [-0.4, -0.2) is 10.8 Å². The third-order valence-electron chi connectivity index (χ3n) is 2.90. The first-order valence-electron chi connectivity index (χ1n) is 6.50. The third kappa shape index (κ3) is 4.24. The van der Waals surface area contributed by atoms with Gasteiger partial charge in [0, 0.05) is 12.6 Å². The smallest absolute Gasteiger partial charge is 0.334 e. The molecule has 0 fully saturated rings. The van der Waals surface area contributed by atoms with Crippen LogP contribution in [0.2, 0.25) is 0 Å². The van der Waals surface area contributed by atoms with E-state index in [0.717, 1.165) is 11.6 Å². The van der Waals surface area contributed by atoms with Gasteiger partial charge in [-0.25, -0.2) is 4.39 Å². The molecule has 22 heavy (non-hydrogen) atoms. The molecule has 0 heterocycles. The highest BCUT2D eigenvalue weighted by Gasteiger charge is 2.21. The summed E-state index contributed by atoms with van der Waals surface area (Å²) in [6.07, 6.45) is 1.11. The fourth-order valence-electron chi connectivity index (χ4n) is 1.79. The minimum Gasteiger partial charge on any atom is -0.343 e. The Labute approximate surface area is 126 Å². The van der Waals surface area contributed by atoms with Crippen molar-refractivity contribution in [1.29, 1.82) is 0 Å². The van der Waals surface area contributed by atoms with Gasteiger partial charge >= 0.3 is 11.6 Å². The van der Waals surface area contributed by atoms with E-state index >= 15 is 0 Å². The molecular weight excluding hydrogens is 287 g/mol. The zero-order valence-electron chi connectivity index (χ0n) is 11.5. The summed E-state index contributed by atoms with van der Waals surface area (Å²) < 4.78 is 12.8. The summed E-state index contributed by atoms with van der Waals surface area (Å²) in [4.78, 5) is 22.2. The van der Waals surface area contributed by atoms with Crippen molar-refractivity contribution < 1.29 is 14.1 Å². The summed E-state index contributed by atoms with van der Waals surface area (Å²) in [5.41, 5.74) is 0.617. The number of hydrogen-bond acceptors (Lipinski definition) is 3. The van der Waals surface area contributed by atoms with Crippen molar-refractivity contribution in [3.63, 3.8) is 0 Å². The first-order chi connectivity index (χ1) is 10.6. The molecule has 0 atom stereocenters. The molecule has 2 aromatic rings. The predicted octanol–water partition coefficient (Wildman–Crippen LogP) is 2.76. The van der Waals surface area contributed by atoms with Gasteiger partial charge in [-0.05, 0) is 23.3 Å². The second-order valence-corrected chi connectivity index (χ2v) is 4.51. The molecule has 0 spiro atoms. The number of nitrogens with one attached hydrogen (secondary N) is 1. The molecule has 0 aliphatic heterocycles. The standard InChI is InChI=1S/C16H13FN2O3/c17-14-8-6-12(7-9-14)10-15(19(21)22)16(20)18-11-13-4-2-1-3-5-13/h1-10H,11H2,(H,18,20)/b15-10+. The zero-order valence-corrected chi connectivity index (χ0v) is 11.5. The summed E-state index contributed by atoms with van der Waals surface area (Å²) in [6, 6.07) is 14.1. The van der Waals surface area contributed by atoms with Crippen LogP contribution >= 0.6 is 0 Å². The van der Waals surface area contributed by atoms with Crippen LogP contribution in [0.1, 0.15) is 11.1 Å². The van der Waals surface area contributed by atoms with E-state index in [1.165, 1.54) is 24.3 Å². The van der Waals surface area contributed by atoms with Crippen LogP contribution in [0.15, 0.2) is 60.3 Å². The molecule has 1 amide bonds. The van der Waals surface area contributed by atoms with Crippen molar-refractivity contribution in [2.75, 3.05) is 0 Å². The molecule has 5 nitrogen and oxygen atoms in total. The molecule has 2 rings (SSSR count). The van der Waals surface area contributed by atoms with Gasteiger partial charge in [0.1, 0.15) is 5.82 Å². The number of amides is 1. The summed E-state index contributed by atoms with van der Waals surface area (Å²) in [5, 5.41) is 13.5. The third-order valence-corrected chi connectivity index (χ3v) is 2.90. The largest absolute Gasteiger partial charge is 0.343 e. The first-order valence-corrected chi connectivity index (χ1v) is 6.50. The lowest BCUT2D eigenvalue weighted by atomic mass is 10.2. The lowest BCUT2D eigenvalue weighted by molar-refractivity contribution is -0.417. The van der Waals surface area contributed by atoms with Crippen molar-refractivity contribution >= 4 is 12.0 Å². The molecule has 0 saturated heterocycles. The van der Waals surface area contributed by atoms with Gasteiger partial charge in [0.25, 0.3) is 0 Å². The van der Waals surface area contributed by atoms with Crippen LogP contribution < -0.4 is 5.32 Å². The minimum absolute atomic E-state index is 0.189. The van der Waals surface area contributed by atoms with E-state index in [0.29, 0.717) is 5.56 Å². The van der Waals surface area contributed by atoms with Crippen LogP contribution in [0.25, 0.3) is 6.08 Å². The second-order valence-electron chi connectivity index (χ2n) is 4.51. The molecule has 0 saturated carbocycles. The van der Waals surface area contributed by atoms with E-state index < -0.39 is 22.3 Å². The van der Waals surface area contributed by atoms with E-state index in [4.69, 9.17) is 0 Å². The van der Waals surface area contributed by atoms with Gasteiger partial charge < -0.3 is 5.32 Å². The summed E-state index contributed by atoms with van der Waals surface area (Å²) in [5.74, 6) is -1.24. The Morgan fingerprint density at radius 1 is 1.14 bits per heavy atom. The highest BCUT2D eigenvalue weighted by Crippen LogP contribution is 2.09. The molecule has 0 unspecified atom stereocenters. The number of carbonyl (C=O) groups excluding carboxylic acids is 1. The van der Waals surface area contributed by atoms with Gasteiger partial charge in [0.2, 0.25) is 0 Å². The zero-order chi connectivity index (χ0) is 15.9. The van der Waals surface area contributed by atoms with E-state index in [1.807, 2.05) is 18.2 Å². The summed E-state index contributed by atoms with van der Waals surface area (Å²) in [7, 11) is 0. The van der Waals surface area contributed by atoms with Gasteiger partial charge in [0.15, 0.2) is 0 Å². The average Bonchev–Trinajstić information content (AvgIpc) is 2.52. The molecular formula is C16H13FN2O3. The lowest BCUT2D eigenvalue weighted by Crippen LogP contribution is -2.27. The van der Waals surface area contributed by atoms with Gasteiger partial charge in [0.05, 0.1) is 4.92 Å². The van der Waals surface area contributed by atoms with Crippen LogP contribution in [-0.2, 0) is 11.3 Å². The Hall–Kier alpha value is -3.02. The number of carbonyl (C=O) groups is 1. The van der Waals surface area contributed by atoms with Crippen molar-refractivity contribution in [1.82, 2.24) is 5.32 Å². The Morgan fingerprint density at radius 2 is 1.77 bits per heavy atom. The van der Waals surface area contributed by atoms with E-state index in [9.17, 15) is 19.3 Å². The second kappa shape index (κ2) is 7.12. The SMILES string of the molecule is O=C(NCc1ccccc1)/C(=C\c1ccc(F)cc1)[N+](=O)[O-]. The molecule has 112 valence electrons. The molecule has 0 aliphatic rings. The maximum atomic E-state index is 12.8. The van der Waals surface area contributed by atoms with E-state index in [1.54, 1.807) is 12.1 Å². The normalized spacial score (nSPS) is 11.0. The molecule has 0 bridgehead atoms. The van der Waals surface area contributed by atoms with Crippen LogP contribution in [0, 0.1) is 15.9 Å². The van der Waals surface area contributed by atoms with E-state index in [2.05, 4.69) is 5.32 Å². The molecule has 1 N–H and O–H groups in total. The highest BCUT2D eigenvalue weighted by atomic mass is 19.1. The number of nitro groups is 1. The number of benzene rings is 2. The fourth-order valence-corrected chi connectivity index (χ4v) is 1.79. The van der Waals surface area contributed by atoms with Gasteiger partial charge in [-0.15, -0.1) is 0 Å². The molecule has 0 aliphatic carbocycles. The van der Waals surface area contributed by atoms with Crippen LogP contribution in [0.3, 0.4) is 0 Å².